The average molecular weight is 490 g/mol. The maximum Gasteiger partial charge on any atom is 0.344 e. The molecule has 0 radical (unpaired) electrons. The van der Waals surface area contributed by atoms with Crippen LogP contribution in [0.25, 0.3) is 28.0 Å². The number of hydrogen-bond acceptors (Lipinski definition) is 9. The van der Waals surface area contributed by atoms with Gasteiger partial charge in [0.05, 0.1) is 27.4 Å². The minimum atomic E-state index is -0.730. The summed E-state index contributed by atoms with van der Waals surface area (Å²) in [5, 5.41) is 16.4. The second-order valence-corrected chi connectivity index (χ2v) is 8.42. The van der Waals surface area contributed by atoms with Crippen molar-refractivity contribution < 1.29 is 14.1 Å². The fraction of sp³-hybridized carbons (Fsp3) is 0.0385. The number of benzene rings is 2. The molecule has 178 valence electrons. The molecule has 0 aliphatic carbocycles. The van der Waals surface area contributed by atoms with Crippen LogP contribution >= 0.6 is 0 Å². The Balaban J connectivity index is 1.54. The fourth-order valence-electron chi connectivity index (χ4n) is 4.67. The molecule has 37 heavy (non-hydrogen) atoms. The lowest BCUT2D eigenvalue weighted by atomic mass is 9.84. The van der Waals surface area contributed by atoms with E-state index in [1.807, 2.05) is 6.07 Å². The molecule has 5 heterocycles. The normalized spacial score (nSPS) is 14.2. The first-order valence-electron chi connectivity index (χ1n) is 11.2. The van der Waals surface area contributed by atoms with Gasteiger partial charge in [0.1, 0.15) is 11.9 Å². The summed E-state index contributed by atoms with van der Waals surface area (Å²) < 4.78 is 13.4. The minimum absolute atomic E-state index is 0.0689. The number of rotatable bonds is 3. The maximum absolute atomic E-state index is 13.4. The van der Waals surface area contributed by atoms with E-state index < -0.39 is 16.5 Å². The van der Waals surface area contributed by atoms with Gasteiger partial charge in [-0.1, -0.05) is 24.3 Å². The number of aromatic nitrogens is 5. The molecule has 0 amide bonds. The lowest BCUT2D eigenvalue weighted by molar-refractivity contribution is -0.384. The molecule has 4 aromatic heterocycles. The molecule has 0 spiro atoms. The highest BCUT2D eigenvalue weighted by Crippen LogP contribution is 2.48. The van der Waals surface area contributed by atoms with Gasteiger partial charge in [0, 0.05) is 30.1 Å². The third-order valence-electron chi connectivity index (χ3n) is 6.34. The molecule has 0 N–H and O–H groups in total. The summed E-state index contributed by atoms with van der Waals surface area (Å²) in [6.45, 7) is 0. The molecular formula is C26H14N6O5. The number of para-hydroxylation sites is 1. The van der Waals surface area contributed by atoms with Crippen molar-refractivity contribution in [2.75, 3.05) is 0 Å². The van der Waals surface area contributed by atoms with E-state index in [0.717, 1.165) is 5.56 Å². The van der Waals surface area contributed by atoms with Gasteiger partial charge in [-0.3, -0.25) is 15.1 Å². The molecule has 7 rings (SSSR count). The van der Waals surface area contributed by atoms with Crippen LogP contribution in [0.4, 0.5) is 5.69 Å². The van der Waals surface area contributed by atoms with E-state index >= 15 is 0 Å². The standard InChI is InChI=1S/C26H14N6O5/c33-26-20-19(14-5-7-16(8-6-14)32(34)35)21-24-29-23(15-9-11-27-12-10-15)30-31(24)13-28-25(21)37-22(20)17-3-1-2-4-18(17)36-26/h1-13,19H. The van der Waals surface area contributed by atoms with Crippen LogP contribution in [0, 0.1) is 10.1 Å². The molecule has 1 unspecified atom stereocenters. The van der Waals surface area contributed by atoms with Gasteiger partial charge in [0.2, 0.25) is 5.88 Å². The number of pyridine rings is 1. The van der Waals surface area contributed by atoms with E-state index in [1.165, 1.54) is 23.0 Å². The van der Waals surface area contributed by atoms with Crippen LogP contribution in [0.15, 0.2) is 88.6 Å². The van der Waals surface area contributed by atoms with Crippen LogP contribution in [0.2, 0.25) is 0 Å². The Morgan fingerprint density at radius 3 is 2.54 bits per heavy atom. The highest BCUT2D eigenvalue weighted by atomic mass is 16.6. The van der Waals surface area contributed by atoms with Crippen molar-refractivity contribution >= 4 is 22.3 Å². The Morgan fingerprint density at radius 1 is 0.973 bits per heavy atom. The number of nitrogens with zero attached hydrogens (tertiary/aromatic N) is 6. The second-order valence-electron chi connectivity index (χ2n) is 8.42. The maximum atomic E-state index is 13.4. The molecule has 1 aliphatic heterocycles. The zero-order chi connectivity index (χ0) is 25.1. The average Bonchev–Trinajstić information content (AvgIpc) is 3.37. The summed E-state index contributed by atoms with van der Waals surface area (Å²) in [5.41, 5.74) is 2.27. The van der Waals surface area contributed by atoms with E-state index in [2.05, 4.69) is 15.1 Å². The van der Waals surface area contributed by atoms with Gasteiger partial charge in [-0.2, -0.15) is 0 Å². The highest BCUT2D eigenvalue weighted by Gasteiger charge is 2.37. The van der Waals surface area contributed by atoms with Gasteiger partial charge in [-0.15, -0.1) is 5.10 Å². The number of ether oxygens (including phenoxy) is 1. The largest absolute Gasteiger partial charge is 0.437 e. The Morgan fingerprint density at radius 2 is 1.76 bits per heavy atom. The van der Waals surface area contributed by atoms with E-state index in [9.17, 15) is 14.9 Å². The highest BCUT2D eigenvalue weighted by molar-refractivity contribution is 5.87. The zero-order valence-corrected chi connectivity index (χ0v) is 18.8. The zero-order valence-electron chi connectivity index (χ0n) is 18.8. The number of hydrogen-bond donors (Lipinski definition) is 0. The number of nitro groups is 1. The predicted octanol–water partition coefficient (Wildman–Crippen LogP) is 4.49. The van der Waals surface area contributed by atoms with Crippen LogP contribution in [0.1, 0.15) is 22.6 Å². The lowest BCUT2D eigenvalue weighted by Crippen LogP contribution is -2.22. The van der Waals surface area contributed by atoms with Gasteiger partial charge in [-0.25, -0.2) is 19.3 Å². The summed E-state index contributed by atoms with van der Waals surface area (Å²) in [6, 6.07) is 16.7. The summed E-state index contributed by atoms with van der Waals surface area (Å²) in [5.74, 6) is 0.295. The van der Waals surface area contributed by atoms with Crippen molar-refractivity contribution in [2.24, 2.45) is 0 Å². The van der Waals surface area contributed by atoms with Crippen LogP contribution in [0.3, 0.4) is 0 Å². The summed E-state index contributed by atoms with van der Waals surface area (Å²) in [7, 11) is 0. The second kappa shape index (κ2) is 7.78. The molecule has 2 aromatic carbocycles. The van der Waals surface area contributed by atoms with Crippen LogP contribution in [-0.4, -0.2) is 29.5 Å². The van der Waals surface area contributed by atoms with E-state index in [-0.39, 0.29) is 17.1 Å². The first-order valence-corrected chi connectivity index (χ1v) is 11.2. The molecule has 11 heteroatoms. The predicted molar refractivity (Wildman–Crippen MR) is 131 cm³/mol. The van der Waals surface area contributed by atoms with Crippen molar-refractivity contribution in [1.82, 2.24) is 24.6 Å². The van der Waals surface area contributed by atoms with Crippen LogP contribution < -0.4 is 10.4 Å². The third kappa shape index (κ3) is 3.18. The van der Waals surface area contributed by atoms with E-state index in [1.54, 1.807) is 54.9 Å². The summed E-state index contributed by atoms with van der Waals surface area (Å²) in [4.78, 5) is 37.5. The topological polar surface area (TPSA) is 139 Å². The quantitative estimate of drug-likeness (QED) is 0.199. The van der Waals surface area contributed by atoms with Crippen molar-refractivity contribution in [3.63, 3.8) is 0 Å². The van der Waals surface area contributed by atoms with Gasteiger partial charge < -0.3 is 9.15 Å². The van der Waals surface area contributed by atoms with Gasteiger partial charge in [-0.05, 0) is 29.8 Å². The molecule has 0 fully saturated rings. The number of nitro benzene ring substituents is 1. The Bertz CT molecular complexity index is 1910. The molecule has 0 bridgehead atoms. The molecule has 6 aromatic rings. The molecule has 0 saturated carbocycles. The number of fused-ring (bicyclic) bond motifs is 6. The molecule has 1 aliphatic rings. The Hall–Kier alpha value is -5.45. The van der Waals surface area contributed by atoms with E-state index in [4.69, 9.17) is 14.1 Å². The molecule has 0 saturated heterocycles. The fourth-order valence-corrected chi connectivity index (χ4v) is 4.67. The summed E-state index contributed by atoms with van der Waals surface area (Å²) in [6.07, 6.45) is 4.78. The molecule has 11 nitrogen and oxygen atoms in total. The SMILES string of the molecule is O=c1oc2ccccc2c2c1C(c1ccc([N+](=O)[O-])cc1)c1c(ncn3nc(-c4ccncc4)nc13)O2. The van der Waals surface area contributed by atoms with Crippen LogP contribution in [-0.2, 0) is 0 Å². The number of non-ortho nitro benzene ring substituents is 1. The smallest absolute Gasteiger partial charge is 0.344 e. The van der Waals surface area contributed by atoms with Crippen molar-refractivity contribution in [1.29, 1.82) is 0 Å². The van der Waals surface area contributed by atoms with Gasteiger partial charge in [0.25, 0.3) is 5.69 Å². The first kappa shape index (κ1) is 20.9. The minimum Gasteiger partial charge on any atom is -0.437 e. The van der Waals surface area contributed by atoms with Gasteiger partial charge in [0.15, 0.2) is 17.2 Å². The van der Waals surface area contributed by atoms with Gasteiger partial charge >= 0.3 is 5.63 Å². The lowest BCUT2D eigenvalue weighted by Gasteiger charge is -2.27. The molecule has 1 atom stereocenters. The van der Waals surface area contributed by atoms with Crippen molar-refractivity contribution in [3.05, 3.63) is 117 Å². The van der Waals surface area contributed by atoms with Crippen LogP contribution in [0.5, 0.6) is 11.6 Å². The summed E-state index contributed by atoms with van der Waals surface area (Å²) >= 11 is 0. The Kier molecular flexibility index (Phi) is 4.39. The Labute approximate surface area is 206 Å². The molecular weight excluding hydrogens is 476 g/mol. The third-order valence-corrected chi connectivity index (χ3v) is 6.34. The first-order chi connectivity index (χ1) is 18.1. The monoisotopic (exact) mass is 490 g/mol. The van der Waals surface area contributed by atoms with Crippen molar-refractivity contribution in [2.45, 2.75) is 5.92 Å². The van der Waals surface area contributed by atoms with E-state index in [0.29, 0.717) is 39.3 Å². The van der Waals surface area contributed by atoms with Crippen molar-refractivity contribution in [3.8, 4) is 23.0 Å².